The maximum absolute atomic E-state index is 12.8. The maximum Gasteiger partial charge on any atom is 0.292 e. The summed E-state index contributed by atoms with van der Waals surface area (Å²) < 4.78 is 2.79. The van der Waals surface area contributed by atoms with E-state index in [4.69, 9.17) is 0 Å². The molecule has 0 aliphatic carbocycles. The highest BCUT2D eigenvalue weighted by molar-refractivity contribution is 6.06. The Labute approximate surface area is 170 Å². The average Bonchev–Trinajstić information content (AvgIpc) is 3.33. The second-order valence-corrected chi connectivity index (χ2v) is 6.46. The molecule has 10 nitrogen and oxygen atoms in total. The number of carbonyl (C=O) groups is 1. The maximum atomic E-state index is 12.8. The highest BCUT2D eigenvalue weighted by Gasteiger charge is 2.16. The van der Waals surface area contributed by atoms with Crippen LogP contribution >= 0.6 is 0 Å². The number of amides is 1. The lowest BCUT2D eigenvalue weighted by Crippen LogP contribution is -2.28. The Morgan fingerprint density at radius 2 is 1.93 bits per heavy atom. The number of fused-ring (bicyclic) bond motifs is 1. The van der Waals surface area contributed by atoms with Gasteiger partial charge in [-0.15, -0.1) is 5.10 Å². The lowest BCUT2D eigenvalue weighted by Gasteiger charge is -2.09. The van der Waals surface area contributed by atoms with Crippen molar-refractivity contribution < 1.29 is 4.79 Å². The number of benzene rings is 2. The minimum atomic E-state index is -0.496. The summed E-state index contributed by atoms with van der Waals surface area (Å²) in [5.41, 5.74) is 4.60. The molecule has 0 saturated heterocycles. The first-order valence-electron chi connectivity index (χ1n) is 9.26. The quantitative estimate of drug-likeness (QED) is 0.399. The zero-order valence-electron chi connectivity index (χ0n) is 16.4. The summed E-state index contributed by atoms with van der Waals surface area (Å²) in [6.07, 6.45) is 1.49. The molecule has 0 unspecified atom stereocenters. The van der Waals surface area contributed by atoms with Crippen LogP contribution in [0.4, 0.5) is 0 Å². The summed E-state index contributed by atoms with van der Waals surface area (Å²) in [4.78, 5) is 25.2. The Bertz CT molecular complexity index is 1310. The van der Waals surface area contributed by atoms with Crippen LogP contribution in [0.2, 0.25) is 0 Å². The zero-order valence-corrected chi connectivity index (χ0v) is 16.4. The molecule has 10 heteroatoms. The number of nitrogens with one attached hydrogen (secondary N) is 1. The predicted molar refractivity (Wildman–Crippen MR) is 111 cm³/mol. The van der Waals surface area contributed by atoms with Gasteiger partial charge in [0.2, 0.25) is 0 Å². The molecule has 0 spiro atoms. The molecule has 0 radical (unpaired) electrons. The van der Waals surface area contributed by atoms with Crippen molar-refractivity contribution in [2.75, 3.05) is 0 Å². The van der Waals surface area contributed by atoms with E-state index in [1.54, 1.807) is 38.1 Å². The summed E-state index contributed by atoms with van der Waals surface area (Å²) in [7, 11) is 0. The van der Waals surface area contributed by atoms with Crippen molar-refractivity contribution in [2.24, 2.45) is 5.10 Å². The van der Waals surface area contributed by atoms with E-state index in [1.165, 1.54) is 15.7 Å². The van der Waals surface area contributed by atoms with Crippen molar-refractivity contribution in [3.8, 4) is 5.69 Å². The van der Waals surface area contributed by atoms with Gasteiger partial charge in [-0.1, -0.05) is 30.3 Å². The van der Waals surface area contributed by atoms with E-state index in [0.717, 1.165) is 11.3 Å². The van der Waals surface area contributed by atoms with Gasteiger partial charge < -0.3 is 0 Å². The van der Waals surface area contributed by atoms with Gasteiger partial charge in [-0.2, -0.15) is 10.2 Å². The topological polar surface area (TPSA) is 120 Å². The largest absolute Gasteiger partial charge is 0.292 e. The molecule has 4 rings (SSSR count). The van der Waals surface area contributed by atoms with Gasteiger partial charge in [0.15, 0.2) is 5.69 Å². The first kappa shape index (κ1) is 19.1. The van der Waals surface area contributed by atoms with E-state index in [1.807, 2.05) is 24.3 Å². The van der Waals surface area contributed by atoms with Crippen LogP contribution in [-0.4, -0.2) is 41.6 Å². The van der Waals surface area contributed by atoms with E-state index in [9.17, 15) is 9.59 Å². The van der Waals surface area contributed by atoms with E-state index >= 15 is 0 Å². The summed E-state index contributed by atoms with van der Waals surface area (Å²) >= 11 is 0. The number of tetrazole rings is 1. The number of aryl methyl sites for hydroxylation is 1. The zero-order chi connectivity index (χ0) is 21.1. The van der Waals surface area contributed by atoms with E-state index in [2.05, 4.69) is 31.2 Å². The van der Waals surface area contributed by atoms with E-state index in [-0.39, 0.29) is 11.3 Å². The highest BCUT2D eigenvalue weighted by Crippen LogP contribution is 2.14. The van der Waals surface area contributed by atoms with Crippen molar-refractivity contribution in [1.82, 2.24) is 35.4 Å². The molecule has 0 aliphatic heterocycles. The first-order chi connectivity index (χ1) is 14.6. The fourth-order valence-electron chi connectivity index (χ4n) is 3.02. The van der Waals surface area contributed by atoms with Gasteiger partial charge >= 0.3 is 0 Å². The number of hydrazone groups is 1. The minimum absolute atomic E-state index is 0.144. The van der Waals surface area contributed by atoms with Crippen molar-refractivity contribution in [3.63, 3.8) is 0 Å². The predicted octanol–water partition coefficient (Wildman–Crippen LogP) is 1.55. The van der Waals surface area contributed by atoms with Crippen LogP contribution in [-0.2, 0) is 6.54 Å². The molecule has 1 N–H and O–H groups in total. The van der Waals surface area contributed by atoms with Crippen LogP contribution in [0, 0.1) is 0 Å². The highest BCUT2D eigenvalue weighted by atomic mass is 16.2. The Kier molecular flexibility index (Phi) is 5.12. The lowest BCUT2D eigenvalue weighted by molar-refractivity contribution is 0.0949. The van der Waals surface area contributed by atoms with Crippen LogP contribution in [0.1, 0.15) is 29.9 Å². The standard InChI is InChI=1S/C20H18N8O2/c1-3-27-20(30)17-10-5-4-9-16(17)18(24-27)19(29)23-22-13(2)14-7-6-8-15(11-14)28-12-21-25-26-28/h4-12H,3H2,1-2H3,(H,23,29)/b22-13+. The van der Waals surface area contributed by atoms with Crippen LogP contribution in [0.15, 0.2) is 64.8 Å². The van der Waals surface area contributed by atoms with Crippen LogP contribution < -0.4 is 11.0 Å². The summed E-state index contributed by atoms with van der Waals surface area (Å²) in [5.74, 6) is -0.496. The number of carbonyl (C=O) groups excluding carboxylic acids is 1. The monoisotopic (exact) mass is 402 g/mol. The van der Waals surface area contributed by atoms with E-state index < -0.39 is 5.91 Å². The van der Waals surface area contributed by atoms with Gasteiger partial charge in [-0.3, -0.25) is 9.59 Å². The fraction of sp³-hybridized carbons (Fsp3) is 0.150. The van der Waals surface area contributed by atoms with Crippen molar-refractivity contribution >= 4 is 22.4 Å². The minimum Gasteiger partial charge on any atom is -0.267 e. The molecule has 150 valence electrons. The third-order valence-corrected chi connectivity index (χ3v) is 4.58. The van der Waals surface area contributed by atoms with Crippen LogP contribution in [0.3, 0.4) is 0 Å². The van der Waals surface area contributed by atoms with Crippen molar-refractivity contribution in [2.45, 2.75) is 20.4 Å². The molecule has 0 bridgehead atoms. The second kappa shape index (κ2) is 8.03. The molecular formula is C20H18N8O2. The van der Waals surface area contributed by atoms with E-state index in [0.29, 0.717) is 23.0 Å². The molecule has 0 atom stereocenters. The van der Waals surface area contributed by atoms with Gasteiger partial charge in [0.1, 0.15) is 6.33 Å². The lowest BCUT2D eigenvalue weighted by atomic mass is 10.1. The fourth-order valence-corrected chi connectivity index (χ4v) is 3.02. The van der Waals surface area contributed by atoms with Crippen molar-refractivity contribution in [1.29, 1.82) is 0 Å². The number of nitrogens with zero attached hydrogens (tertiary/aromatic N) is 7. The Hall–Kier alpha value is -4.21. The number of aromatic nitrogens is 6. The molecule has 0 saturated carbocycles. The van der Waals surface area contributed by atoms with Gasteiger partial charge in [0.05, 0.1) is 16.8 Å². The third-order valence-electron chi connectivity index (χ3n) is 4.58. The summed E-state index contributed by atoms with van der Waals surface area (Å²) in [6, 6.07) is 14.3. The number of hydrogen-bond acceptors (Lipinski definition) is 7. The Morgan fingerprint density at radius 3 is 2.67 bits per heavy atom. The van der Waals surface area contributed by atoms with Gasteiger partial charge in [-0.25, -0.2) is 14.8 Å². The third kappa shape index (κ3) is 3.58. The van der Waals surface area contributed by atoms with Gasteiger partial charge in [0, 0.05) is 11.9 Å². The summed E-state index contributed by atoms with van der Waals surface area (Å²) in [5, 5.41) is 20.5. The molecule has 0 aliphatic rings. The van der Waals surface area contributed by atoms with Crippen LogP contribution in [0.5, 0.6) is 0 Å². The second-order valence-electron chi connectivity index (χ2n) is 6.46. The normalized spacial score (nSPS) is 11.6. The van der Waals surface area contributed by atoms with Gasteiger partial charge in [0.25, 0.3) is 11.5 Å². The molecule has 2 aromatic heterocycles. The molecule has 4 aromatic rings. The Balaban J connectivity index is 1.64. The van der Waals surface area contributed by atoms with Crippen molar-refractivity contribution in [3.05, 3.63) is 76.5 Å². The Morgan fingerprint density at radius 1 is 1.13 bits per heavy atom. The van der Waals surface area contributed by atoms with Gasteiger partial charge in [-0.05, 0) is 48.0 Å². The van der Waals surface area contributed by atoms with Crippen LogP contribution in [0.25, 0.3) is 16.5 Å². The summed E-state index contributed by atoms with van der Waals surface area (Å²) in [6.45, 7) is 3.93. The first-order valence-corrected chi connectivity index (χ1v) is 9.26. The molecule has 30 heavy (non-hydrogen) atoms. The molecule has 2 heterocycles. The molecular weight excluding hydrogens is 384 g/mol. The number of hydrogen-bond donors (Lipinski definition) is 1. The number of rotatable bonds is 5. The smallest absolute Gasteiger partial charge is 0.267 e. The molecule has 1 amide bonds. The average molecular weight is 402 g/mol. The SMILES string of the molecule is CCn1nc(C(=O)N/N=C(\C)c2cccc(-n3cnnn3)c2)c2ccccc2c1=O. The molecule has 0 fully saturated rings. The molecule has 2 aromatic carbocycles.